The van der Waals surface area contributed by atoms with Crippen molar-refractivity contribution in [2.24, 2.45) is 0 Å². The summed E-state index contributed by atoms with van der Waals surface area (Å²) in [5, 5.41) is 12.9. The predicted molar refractivity (Wildman–Crippen MR) is 89.8 cm³/mol. The molecule has 0 aliphatic heterocycles. The Kier molecular flexibility index (Phi) is 3.90. The lowest BCUT2D eigenvalue weighted by molar-refractivity contribution is -0.212. The Morgan fingerprint density at radius 2 is 1.59 bits per heavy atom. The van der Waals surface area contributed by atoms with E-state index in [0.29, 0.717) is 11.7 Å². The van der Waals surface area contributed by atoms with Gasteiger partial charge in [-0.2, -0.15) is 17.9 Å². The Labute approximate surface area is 157 Å². The first-order valence-corrected chi connectivity index (χ1v) is 7.99. The predicted octanol–water partition coefficient (Wildman–Crippen LogP) is 5.17. The Hall–Kier alpha value is -3.50. The molecule has 0 amide bonds. The number of carboxylic acid groups (broad SMARTS) is 1. The van der Waals surface area contributed by atoms with Crippen LogP contribution in [0.15, 0.2) is 48.7 Å². The van der Waals surface area contributed by atoms with Crippen LogP contribution in [0.3, 0.4) is 0 Å². The van der Waals surface area contributed by atoms with E-state index in [-0.39, 0.29) is 32.4 Å². The van der Waals surface area contributed by atoms with Gasteiger partial charge in [-0.3, -0.25) is 4.57 Å². The highest BCUT2D eigenvalue weighted by molar-refractivity contribution is 6.09. The number of aromatic carboxylic acids is 1. The van der Waals surface area contributed by atoms with Crippen LogP contribution >= 0.6 is 0 Å². The van der Waals surface area contributed by atoms with Gasteiger partial charge >= 0.3 is 18.4 Å². The maximum Gasteiger partial charge on any atom is 0.504 e. The molecule has 2 heterocycles. The summed E-state index contributed by atoms with van der Waals surface area (Å²) in [6, 6.07) is 7.65. The van der Waals surface area contributed by atoms with Crippen molar-refractivity contribution in [1.82, 2.24) is 14.3 Å². The summed E-state index contributed by atoms with van der Waals surface area (Å²) < 4.78 is 78.8. The lowest BCUT2D eigenvalue weighted by Gasteiger charge is -2.10. The van der Waals surface area contributed by atoms with Gasteiger partial charge in [0.15, 0.2) is 5.65 Å². The summed E-state index contributed by atoms with van der Waals surface area (Å²) in [7, 11) is 0. The summed E-state index contributed by atoms with van der Waals surface area (Å²) in [6.07, 6.45) is -8.68. The summed E-state index contributed by atoms with van der Waals surface area (Å²) >= 11 is 0. The van der Waals surface area contributed by atoms with E-state index in [2.05, 4.69) is 5.10 Å². The number of aromatic nitrogens is 3. The molecule has 150 valence electrons. The third kappa shape index (κ3) is 3.08. The highest BCUT2D eigenvalue weighted by Crippen LogP contribution is 2.35. The zero-order valence-corrected chi connectivity index (χ0v) is 14.1. The maximum atomic E-state index is 13.1. The molecule has 0 saturated heterocycles. The summed E-state index contributed by atoms with van der Waals surface area (Å²) in [5.74, 6) is -1.27. The minimum Gasteiger partial charge on any atom is -0.478 e. The van der Waals surface area contributed by atoms with Crippen molar-refractivity contribution in [3.63, 3.8) is 0 Å². The molecule has 0 aliphatic carbocycles. The number of carboxylic acids is 1. The Balaban J connectivity index is 2.02. The third-order valence-electron chi connectivity index (χ3n) is 4.39. The smallest absolute Gasteiger partial charge is 0.478 e. The molecule has 0 atom stereocenters. The Bertz CT molecular complexity index is 1250. The van der Waals surface area contributed by atoms with Crippen molar-refractivity contribution in [3.8, 4) is 5.69 Å². The molecule has 0 aliphatic rings. The standard InChI is InChI=1S/C18H9F6N3O2/c19-17(20,21)10-2-4-11(5-3-10)27-14-6-1-9(16(28)29)7-12(14)13-8-26(18(22,23)24)25-15(13)27/h1-8H,(H,28,29). The van der Waals surface area contributed by atoms with Crippen LogP contribution in [-0.2, 0) is 12.5 Å². The van der Waals surface area contributed by atoms with Crippen LogP contribution in [0.4, 0.5) is 26.3 Å². The molecule has 0 spiro atoms. The quantitative estimate of drug-likeness (QED) is 0.461. The number of benzene rings is 2. The monoisotopic (exact) mass is 413 g/mol. The number of alkyl halides is 6. The largest absolute Gasteiger partial charge is 0.504 e. The van der Waals surface area contributed by atoms with Gasteiger partial charge < -0.3 is 5.11 Å². The van der Waals surface area contributed by atoms with Gasteiger partial charge in [0.1, 0.15) is 0 Å². The molecular formula is C18H9F6N3O2. The topological polar surface area (TPSA) is 60.0 Å². The fraction of sp³-hybridized carbons (Fsp3) is 0.111. The van der Waals surface area contributed by atoms with Gasteiger partial charge in [0.2, 0.25) is 0 Å². The first-order valence-electron chi connectivity index (χ1n) is 7.99. The third-order valence-corrected chi connectivity index (χ3v) is 4.39. The number of rotatable bonds is 2. The SMILES string of the molecule is O=C(O)c1ccc2c(c1)c1cn(C(F)(F)F)nc1n2-c1ccc(C(F)(F)F)cc1. The number of hydrogen-bond acceptors (Lipinski definition) is 2. The molecule has 0 fully saturated rings. The first kappa shape index (κ1) is 18.8. The summed E-state index contributed by atoms with van der Waals surface area (Å²) in [5.41, 5.74) is -0.777. The first-order chi connectivity index (χ1) is 13.5. The molecule has 2 aromatic heterocycles. The molecule has 5 nitrogen and oxygen atoms in total. The number of hydrogen-bond donors (Lipinski definition) is 1. The normalized spacial score (nSPS) is 12.8. The van der Waals surface area contributed by atoms with Gasteiger partial charge in [-0.1, -0.05) is 0 Å². The molecule has 2 aromatic carbocycles. The summed E-state index contributed by atoms with van der Waals surface area (Å²) in [6.45, 7) is 0. The molecule has 0 unspecified atom stereocenters. The molecule has 29 heavy (non-hydrogen) atoms. The fourth-order valence-electron chi connectivity index (χ4n) is 3.10. The van der Waals surface area contributed by atoms with Crippen molar-refractivity contribution < 1.29 is 36.2 Å². The molecule has 0 saturated carbocycles. The van der Waals surface area contributed by atoms with Crippen LogP contribution in [0.1, 0.15) is 15.9 Å². The van der Waals surface area contributed by atoms with E-state index < -0.39 is 24.0 Å². The van der Waals surface area contributed by atoms with Crippen molar-refractivity contribution in [1.29, 1.82) is 0 Å². The van der Waals surface area contributed by atoms with Crippen molar-refractivity contribution in [2.75, 3.05) is 0 Å². The molecule has 11 heteroatoms. The van der Waals surface area contributed by atoms with E-state index in [1.165, 1.54) is 22.8 Å². The van der Waals surface area contributed by atoms with E-state index in [4.69, 9.17) is 5.11 Å². The molecule has 4 aromatic rings. The van der Waals surface area contributed by atoms with Gasteiger partial charge in [0.25, 0.3) is 0 Å². The number of nitrogens with zero attached hydrogens (tertiary/aromatic N) is 3. The van der Waals surface area contributed by atoms with Crippen LogP contribution in [0.25, 0.3) is 27.6 Å². The van der Waals surface area contributed by atoms with Crippen LogP contribution in [-0.4, -0.2) is 25.4 Å². The van der Waals surface area contributed by atoms with Crippen LogP contribution < -0.4 is 0 Å². The maximum absolute atomic E-state index is 13.1. The van der Waals surface area contributed by atoms with Crippen LogP contribution in [0.2, 0.25) is 0 Å². The summed E-state index contributed by atoms with van der Waals surface area (Å²) in [4.78, 5) is 11.2. The lowest BCUT2D eigenvalue weighted by atomic mass is 10.1. The highest BCUT2D eigenvalue weighted by Gasteiger charge is 2.34. The van der Waals surface area contributed by atoms with E-state index in [1.807, 2.05) is 0 Å². The van der Waals surface area contributed by atoms with Gasteiger partial charge in [0.05, 0.1) is 16.6 Å². The Morgan fingerprint density at radius 1 is 0.931 bits per heavy atom. The average molecular weight is 413 g/mol. The zero-order chi connectivity index (χ0) is 21.1. The fourth-order valence-corrected chi connectivity index (χ4v) is 3.10. The van der Waals surface area contributed by atoms with E-state index in [9.17, 15) is 31.1 Å². The van der Waals surface area contributed by atoms with Gasteiger partial charge in [0, 0.05) is 22.7 Å². The van der Waals surface area contributed by atoms with Crippen LogP contribution in [0, 0.1) is 0 Å². The second kappa shape index (κ2) is 6.00. The molecule has 0 bridgehead atoms. The number of fused-ring (bicyclic) bond motifs is 3. The second-order valence-corrected chi connectivity index (χ2v) is 6.20. The van der Waals surface area contributed by atoms with Gasteiger partial charge in [-0.05, 0) is 42.5 Å². The lowest BCUT2D eigenvalue weighted by Crippen LogP contribution is -2.17. The van der Waals surface area contributed by atoms with E-state index in [0.717, 1.165) is 24.3 Å². The average Bonchev–Trinajstić information content (AvgIpc) is 3.17. The number of halogens is 6. The van der Waals surface area contributed by atoms with E-state index in [1.54, 1.807) is 0 Å². The highest BCUT2D eigenvalue weighted by atomic mass is 19.4. The number of carbonyl (C=O) groups is 1. The van der Waals surface area contributed by atoms with E-state index >= 15 is 0 Å². The molecule has 1 N–H and O–H groups in total. The molecule has 4 rings (SSSR count). The minimum atomic E-state index is -4.82. The van der Waals surface area contributed by atoms with Crippen molar-refractivity contribution in [3.05, 3.63) is 59.8 Å². The van der Waals surface area contributed by atoms with Gasteiger partial charge in [-0.25, -0.2) is 4.79 Å². The Morgan fingerprint density at radius 3 is 2.14 bits per heavy atom. The van der Waals surface area contributed by atoms with Crippen LogP contribution in [0.5, 0.6) is 0 Å². The molecular weight excluding hydrogens is 404 g/mol. The van der Waals surface area contributed by atoms with Crippen molar-refractivity contribution >= 4 is 27.9 Å². The van der Waals surface area contributed by atoms with Gasteiger partial charge in [-0.15, -0.1) is 18.3 Å². The minimum absolute atomic E-state index is 0.0142. The van der Waals surface area contributed by atoms with Crippen molar-refractivity contribution in [2.45, 2.75) is 12.5 Å². The zero-order valence-electron chi connectivity index (χ0n) is 14.1. The second-order valence-electron chi connectivity index (χ2n) is 6.20. The molecule has 0 radical (unpaired) electrons.